The maximum absolute atomic E-state index is 12.2. The van der Waals surface area contributed by atoms with Crippen molar-refractivity contribution in [2.75, 3.05) is 13.1 Å². The van der Waals surface area contributed by atoms with Crippen LogP contribution in [-0.4, -0.2) is 23.8 Å². The van der Waals surface area contributed by atoms with Crippen molar-refractivity contribution in [1.29, 1.82) is 5.26 Å². The van der Waals surface area contributed by atoms with E-state index < -0.39 is 0 Å². The van der Waals surface area contributed by atoms with E-state index >= 15 is 0 Å². The minimum atomic E-state index is -0.160. The van der Waals surface area contributed by atoms with Gasteiger partial charge in [-0.1, -0.05) is 76.1 Å². The third-order valence-electron chi connectivity index (χ3n) is 8.15. The van der Waals surface area contributed by atoms with Crippen LogP contribution in [-0.2, 0) is 13.0 Å². The molecule has 0 radical (unpaired) electrons. The highest BCUT2D eigenvalue weighted by Gasteiger charge is 2.15. The highest BCUT2D eigenvalue weighted by molar-refractivity contribution is 5.95. The number of aryl methyl sites for hydroxylation is 2. The van der Waals surface area contributed by atoms with Gasteiger partial charge in [0.25, 0.3) is 0 Å². The molecule has 0 saturated carbocycles. The molecule has 1 fully saturated rings. The second kappa shape index (κ2) is 18.9. The standard InChI is InChI=1S/C17H24O.C14H18N2.C8H9F/c1-6-8-12(3)16(7-2)17-11-15(14(5)18)10-9-13(17)4;1-12-6-8-16(9-7-12)11-14-4-2-13(10-15)3-5-14;1-2-7-3-5-8(9)6-4-7/h9-11H,6-8H2,1-5H3;2-5,12H,6-9,11H2,1H3;3-6H,2H2,1H3/b16-12+;;. The Bertz CT molecular complexity index is 1340. The smallest absolute Gasteiger partial charge is 0.159 e. The summed E-state index contributed by atoms with van der Waals surface area (Å²) in [7, 11) is 0. The van der Waals surface area contributed by atoms with Crippen molar-refractivity contribution in [3.8, 4) is 6.07 Å². The van der Waals surface area contributed by atoms with E-state index in [0.717, 1.165) is 42.9 Å². The van der Waals surface area contributed by atoms with Crippen LogP contribution < -0.4 is 0 Å². The molecule has 0 bridgehead atoms. The average Bonchev–Trinajstić information content (AvgIpc) is 3.01. The second-order valence-electron chi connectivity index (χ2n) is 11.7. The molecule has 3 aromatic rings. The van der Waals surface area contributed by atoms with Crippen LogP contribution in [0.25, 0.3) is 5.57 Å². The quantitative estimate of drug-likeness (QED) is 0.248. The van der Waals surface area contributed by atoms with E-state index in [9.17, 15) is 9.18 Å². The molecule has 3 aromatic carbocycles. The normalized spacial score (nSPS) is 13.9. The summed E-state index contributed by atoms with van der Waals surface area (Å²) in [5.41, 5.74) is 9.40. The highest BCUT2D eigenvalue weighted by atomic mass is 19.1. The SMILES string of the molecule is CC1CCN(Cc2ccc(C#N)cc2)CC1.CCC/C(C)=C(\CC)c1cc(C(C)=O)ccc1C.CCc1ccc(F)cc1. The Morgan fingerprint density at radius 3 is 2.05 bits per heavy atom. The molecule has 0 amide bonds. The molecule has 0 spiro atoms. The number of rotatable bonds is 8. The Hall–Kier alpha value is -3.55. The molecule has 1 saturated heterocycles. The van der Waals surface area contributed by atoms with Gasteiger partial charge in [-0.05, 0) is 130 Å². The number of nitrogens with zero attached hydrogens (tertiary/aromatic N) is 2. The van der Waals surface area contributed by atoms with Crippen LogP contribution in [0.15, 0.2) is 72.3 Å². The number of likely N-dealkylation sites (tertiary alicyclic amines) is 1. The summed E-state index contributed by atoms with van der Waals surface area (Å²) in [4.78, 5) is 14.0. The van der Waals surface area contributed by atoms with Crippen LogP contribution in [0.1, 0.15) is 112 Å². The van der Waals surface area contributed by atoms with Gasteiger partial charge >= 0.3 is 0 Å². The number of allylic oxidation sites excluding steroid dienone is 2. The molecule has 0 unspecified atom stereocenters. The van der Waals surface area contributed by atoms with Gasteiger partial charge < -0.3 is 0 Å². The van der Waals surface area contributed by atoms with Gasteiger partial charge in [0, 0.05) is 12.1 Å². The topological polar surface area (TPSA) is 44.1 Å². The van der Waals surface area contributed by atoms with Crippen LogP contribution in [0.4, 0.5) is 4.39 Å². The van der Waals surface area contributed by atoms with E-state index in [4.69, 9.17) is 5.26 Å². The Morgan fingerprint density at radius 1 is 0.930 bits per heavy atom. The first-order valence-corrected chi connectivity index (χ1v) is 15.9. The van der Waals surface area contributed by atoms with Crippen LogP contribution in [0.3, 0.4) is 0 Å². The van der Waals surface area contributed by atoms with Crippen LogP contribution in [0.5, 0.6) is 0 Å². The molecule has 4 rings (SSSR count). The Labute approximate surface area is 260 Å². The summed E-state index contributed by atoms with van der Waals surface area (Å²) in [5, 5.41) is 8.72. The first-order chi connectivity index (χ1) is 20.6. The van der Waals surface area contributed by atoms with Crippen molar-refractivity contribution in [2.45, 2.75) is 93.5 Å². The summed E-state index contributed by atoms with van der Waals surface area (Å²) >= 11 is 0. The van der Waals surface area contributed by atoms with Crippen molar-refractivity contribution < 1.29 is 9.18 Å². The van der Waals surface area contributed by atoms with Crippen molar-refractivity contribution in [3.05, 3.63) is 112 Å². The van der Waals surface area contributed by atoms with Crippen LogP contribution >= 0.6 is 0 Å². The zero-order chi connectivity index (χ0) is 31.8. The number of halogens is 1. The molecular weight excluding hydrogens is 531 g/mol. The number of Topliss-reactive ketones (excluding diaryl/α,β-unsaturated/α-hetero) is 1. The van der Waals surface area contributed by atoms with E-state index in [1.54, 1.807) is 19.1 Å². The van der Waals surface area contributed by atoms with Crippen LogP contribution in [0, 0.1) is 30.0 Å². The number of ketones is 1. The second-order valence-corrected chi connectivity index (χ2v) is 11.7. The van der Waals surface area contributed by atoms with Gasteiger partial charge in [-0.3, -0.25) is 9.69 Å². The molecule has 0 aliphatic carbocycles. The largest absolute Gasteiger partial charge is 0.299 e. The molecule has 4 heteroatoms. The lowest BCUT2D eigenvalue weighted by Gasteiger charge is -2.30. The summed E-state index contributed by atoms with van der Waals surface area (Å²) in [5.74, 6) is 0.865. The average molecular weight is 583 g/mol. The van der Waals surface area contributed by atoms with E-state index in [1.807, 2.05) is 25.1 Å². The number of hydrogen-bond acceptors (Lipinski definition) is 3. The molecule has 1 aliphatic heterocycles. The lowest BCUT2D eigenvalue weighted by atomic mass is 9.91. The zero-order valence-corrected chi connectivity index (χ0v) is 27.5. The summed E-state index contributed by atoms with van der Waals surface area (Å²) < 4.78 is 12.2. The number of carbonyl (C=O) groups excluding carboxylic acids is 1. The Kier molecular flexibility index (Phi) is 15.6. The Morgan fingerprint density at radius 2 is 1.53 bits per heavy atom. The fourth-order valence-electron chi connectivity index (χ4n) is 5.30. The molecule has 3 nitrogen and oxygen atoms in total. The van der Waals surface area contributed by atoms with Gasteiger partial charge in [0.15, 0.2) is 5.78 Å². The van der Waals surface area contributed by atoms with E-state index in [-0.39, 0.29) is 11.6 Å². The fourth-order valence-corrected chi connectivity index (χ4v) is 5.30. The maximum Gasteiger partial charge on any atom is 0.159 e. The predicted octanol–water partition coefficient (Wildman–Crippen LogP) is 10.4. The molecule has 0 aromatic heterocycles. The van der Waals surface area contributed by atoms with Gasteiger partial charge in [-0.2, -0.15) is 5.26 Å². The molecule has 0 N–H and O–H groups in total. The maximum atomic E-state index is 12.2. The van der Waals surface area contributed by atoms with Gasteiger partial charge in [0.2, 0.25) is 0 Å². The molecule has 0 atom stereocenters. The first-order valence-electron chi connectivity index (χ1n) is 15.9. The summed E-state index contributed by atoms with van der Waals surface area (Å²) in [6, 6.07) is 22.7. The van der Waals surface area contributed by atoms with Crippen LogP contribution in [0.2, 0.25) is 0 Å². The fraction of sp³-hybridized carbons (Fsp3) is 0.436. The molecule has 1 aliphatic rings. The lowest BCUT2D eigenvalue weighted by molar-refractivity contribution is 0.101. The van der Waals surface area contributed by atoms with Crippen molar-refractivity contribution in [3.63, 3.8) is 0 Å². The zero-order valence-electron chi connectivity index (χ0n) is 27.5. The van der Waals surface area contributed by atoms with Gasteiger partial charge in [-0.25, -0.2) is 4.39 Å². The van der Waals surface area contributed by atoms with Gasteiger partial charge in [0.05, 0.1) is 11.6 Å². The minimum absolute atomic E-state index is 0.139. The highest BCUT2D eigenvalue weighted by Crippen LogP contribution is 2.28. The molecule has 43 heavy (non-hydrogen) atoms. The third kappa shape index (κ3) is 12.3. The van der Waals surface area contributed by atoms with Crippen molar-refractivity contribution in [2.24, 2.45) is 5.92 Å². The van der Waals surface area contributed by atoms with Crippen molar-refractivity contribution in [1.82, 2.24) is 4.90 Å². The molecule has 1 heterocycles. The first kappa shape index (κ1) is 35.6. The van der Waals surface area contributed by atoms with E-state index in [1.165, 1.54) is 77.9 Å². The van der Waals surface area contributed by atoms with E-state index in [2.05, 4.69) is 69.9 Å². The summed E-state index contributed by atoms with van der Waals surface area (Å²) in [6.07, 6.45) is 6.93. The number of hydrogen-bond donors (Lipinski definition) is 0. The predicted molar refractivity (Wildman–Crippen MR) is 180 cm³/mol. The van der Waals surface area contributed by atoms with Gasteiger partial charge in [0.1, 0.15) is 5.82 Å². The molecular formula is C39H51FN2O. The summed E-state index contributed by atoms with van der Waals surface area (Å²) in [6.45, 7) is 18.2. The van der Waals surface area contributed by atoms with E-state index in [0.29, 0.717) is 0 Å². The monoisotopic (exact) mass is 582 g/mol. The lowest BCUT2D eigenvalue weighted by Crippen LogP contribution is -2.32. The number of nitriles is 1. The Balaban J connectivity index is 0.000000237. The third-order valence-corrected chi connectivity index (χ3v) is 8.15. The minimum Gasteiger partial charge on any atom is -0.299 e. The van der Waals surface area contributed by atoms with Gasteiger partial charge in [-0.15, -0.1) is 0 Å². The van der Waals surface area contributed by atoms with Crippen molar-refractivity contribution >= 4 is 11.4 Å². The molecule has 230 valence electrons. The number of benzene rings is 3. The number of piperidine rings is 1. The number of carbonyl (C=O) groups is 1.